The molecule has 0 aliphatic carbocycles. The molecule has 1 aliphatic heterocycles. The Kier molecular flexibility index (Phi) is 4.99. The van der Waals surface area contributed by atoms with Gasteiger partial charge in [-0.05, 0) is 18.2 Å². The molecular formula is C14H18N2O5. The second-order valence-corrected chi connectivity index (χ2v) is 4.70. The van der Waals surface area contributed by atoms with Gasteiger partial charge in [-0.3, -0.25) is 9.59 Å². The number of morpholine rings is 1. The molecule has 114 valence electrons. The van der Waals surface area contributed by atoms with E-state index in [0.717, 1.165) is 0 Å². The van der Waals surface area contributed by atoms with Gasteiger partial charge in [-0.25, -0.2) is 0 Å². The molecule has 0 unspecified atom stereocenters. The summed E-state index contributed by atoms with van der Waals surface area (Å²) in [5, 5.41) is 21.1. The van der Waals surface area contributed by atoms with Crippen LogP contribution in [0.1, 0.15) is 16.8 Å². The van der Waals surface area contributed by atoms with Crippen molar-refractivity contribution < 1.29 is 24.5 Å². The molecule has 1 fully saturated rings. The second-order valence-electron chi connectivity index (χ2n) is 4.70. The van der Waals surface area contributed by atoms with Gasteiger partial charge in [0.25, 0.3) is 5.91 Å². The van der Waals surface area contributed by atoms with Gasteiger partial charge in [0.15, 0.2) is 11.5 Å². The predicted octanol–water partition coefficient (Wildman–Crippen LogP) is 0.0765. The number of hydrogen-bond donors (Lipinski definition) is 3. The molecule has 2 amide bonds. The van der Waals surface area contributed by atoms with E-state index in [9.17, 15) is 19.8 Å². The molecule has 1 heterocycles. The number of ether oxygens (including phenoxy) is 1. The lowest BCUT2D eigenvalue weighted by Gasteiger charge is -2.26. The maximum Gasteiger partial charge on any atom is 0.251 e. The van der Waals surface area contributed by atoms with Crippen LogP contribution >= 0.6 is 0 Å². The minimum Gasteiger partial charge on any atom is -0.504 e. The SMILES string of the molecule is O=C(NCCC(=O)N1CCOCC1)c1ccc(O)c(O)c1. The van der Waals surface area contributed by atoms with Crippen LogP contribution in [0.15, 0.2) is 18.2 Å². The van der Waals surface area contributed by atoms with E-state index in [1.54, 1.807) is 4.90 Å². The molecule has 1 aromatic rings. The van der Waals surface area contributed by atoms with Crippen molar-refractivity contribution in [2.45, 2.75) is 6.42 Å². The van der Waals surface area contributed by atoms with Crippen molar-refractivity contribution in [1.82, 2.24) is 10.2 Å². The summed E-state index contributed by atoms with van der Waals surface area (Å²) in [7, 11) is 0. The lowest BCUT2D eigenvalue weighted by atomic mass is 10.2. The number of carbonyl (C=O) groups excluding carboxylic acids is 2. The summed E-state index contributed by atoms with van der Waals surface area (Å²) < 4.78 is 5.16. The second kappa shape index (κ2) is 6.94. The van der Waals surface area contributed by atoms with E-state index in [1.807, 2.05) is 0 Å². The Hall–Kier alpha value is -2.28. The lowest BCUT2D eigenvalue weighted by Crippen LogP contribution is -2.42. The first kappa shape index (κ1) is 15.1. The number of phenolic OH excluding ortho intramolecular Hbond substituents is 2. The number of carbonyl (C=O) groups is 2. The van der Waals surface area contributed by atoms with Crippen LogP contribution in [0.25, 0.3) is 0 Å². The number of phenols is 2. The van der Waals surface area contributed by atoms with Gasteiger partial charge in [0, 0.05) is 31.6 Å². The Morgan fingerprint density at radius 2 is 1.90 bits per heavy atom. The highest BCUT2D eigenvalue weighted by atomic mass is 16.5. The van der Waals surface area contributed by atoms with E-state index in [1.165, 1.54) is 18.2 Å². The fourth-order valence-corrected chi connectivity index (χ4v) is 2.02. The molecule has 1 aromatic carbocycles. The largest absolute Gasteiger partial charge is 0.504 e. The molecule has 0 atom stereocenters. The Morgan fingerprint density at radius 3 is 2.57 bits per heavy atom. The van der Waals surface area contributed by atoms with Crippen molar-refractivity contribution in [2.75, 3.05) is 32.8 Å². The number of aromatic hydroxyl groups is 2. The molecule has 0 aromatic heterocycles. The van der Waals surface area contributed by atoms with Gasteiger partial charge >= 0.3 is 0 Å². The van der Waals surface area contributed by atoms with E-state index in [-0.39, 0.29) is 35.9 Å². The van der Waals surface area contributed by atoms with Gasteiger partial charge in [0.05, 0.1) is 13.2 Å². The monoisotopic (exact) mass is 294 g/mol. The number of hydrogen-bond acceptors (Lipinski definition) is 5. The quantitative estimate of drug-likeness (QED) is 0.683. The molecule has 21 heavy (non-hydrogen) atoms. The summed E-state index contributed by atoms with van der Waals surface area (Å²) in [5.74, 6) is -1.06. The van der Waals surface area contributed by atoms with Crippen LogP contribution in [0.2, 0.25) is 0 Å². The van der Waals surface area contributed by atoms with Crippen LogP contribution in [-0.4, -0.2) is 59.8 Å². The molecule has 0 saturated carbocycles. The molecule has 0 bridgehead atoms. The van der Waals surface area contributed by atoms with E-state index in [0.29, 0.717) is 26.3 Å². The Bertz CT molecular complexity index is 526. The lowest BCUT2D eigenvalue weighted by molar-refractivity contribution is -0.135. The zero-order chi connectivity index (χ0) is 15.2. The molecule has 7 nitrogen and oxygen atoms in total. The highest BCUT2D eigenvalue weighted by molar-refractivity contribution is 5.95. The number of amides is 2. The summed E-state index contributed by atoms with van der Waals surface area (Å²) in [6.07, 6.45) is 0.218. The molecule has 3 N–H and O–H groups in total. The zero-order valence-corrected chi connectivity index (χ0v) is 11.5. The van der Waals surface area contributed by atoms with E-state index >= 15 is 0 Å². The van der Waals surface area contributed by atoms with Crippen LogP contribution in [0.5, 0.6) is 11.5 Å². The van der Waals surface area contributed by atoms with Crippen LogP contribution in [0, 0.1) is 0 Å². The number of nitrogens with zero attached hydrogens (tertiary/aromatic N) is 1. The fourth-order valence-electron chi connectivity index (χ4n) is 2.02. The topological polar surface area (TPSA) is 99.1 Å². The van der Waals surface area contributed by atoms with Crippen molar-refractivity contribution >= 4 is 11.8 Å². The van der Waals surface area contributed by atoms with Gasteiger partial charge < -0.3 is 25.2 Å². The normalized spacial score (nSPS) is 14.8. The van der Waals surface area contributed by atoms with Crippen molar-refractivity contribution in [3.8, 4) is 11.5 Å². The van der Waals surface area contributed by atoms with Crippen molar-refractivity contribution in [1.29, 1.82) is 0 Å². The first-order valence-electron chi connectivity index (χ1n) is 6.73. The maximum absolute atomic E-state index is 11.9. The Labute approximate surface area is 122 Å². The third-order valence-electron chi connectivity index (χ3n) is 3.23. The molecular weight excluding hydrogens is 276 g/mol. The predicted molar refractivity (Wildman–Crippen MR) is 74.1 cm³/mol. The van der Waals surface area contributed by atoms with E-state index < -0.39 is 5.91 Å². The maximum atomic E-state index is 11.9. The Morgan fingerprint density at radius 1 is 1.19 bits per heavy atom. The standard InChI is InChI=1S/C14H18N2O5/c17-11-2-1-10(9-12(11)18)14(20)15-4-3-13(19)16-5-7-21-8-6-16/h1-2,9,17-18H,3-8H2,(H,15,20). The summed E-state index contributed by atoms with van der Waals surface area (Å²) in [6, 6.07) is 3.81. The molecule has 7 heteroatoms. The molecule has 1 saturated heterocycles. The van der Waals surface area contributed by atoms with Gasteiger partial charge in [-0.15, -0.1) is 0 Å². The average molecular weight is 294 g/mol. The van der Waals surface area contributed by atoms with Gasteiger partial charge in [-0.2, -0.15) is 0 Å². The van der Waals surface area contributed by atoms with Crippen LogP contribution in [-0.2, 0) is 9.53 Å². The number of benzene rings is 1. The fraction of sp³-hybridized carbons (Fsp3) is 0.429. The zero-order valence-electron chi connectivity index (χ0n) is 11.5. The van der Waals surface area contributed by atoms with Crippen LogP contribution < -0.4 is 5.32 Å². The highest BCUT2D eigenvalue weighted by Crippen LogP contribution is 2.24. The van der Waals surface area contributed by atoms with E-state index in [2.05, 4.69) is 5.32 Å². The molecule has 2 rings (SSSR count). The summed E-state index contributed by atoms with van der Waals surface area (Å²) >= 11 is 0. The van der Waals surface area contributed by atoms with Crippen LogP contribution in [0.3, 0.4) is 0 Å². The van der Waals surface area contributed by atoms with Crippen molar-refractivity contribution in [2.24, 2.45) is 0 Å². The van der Waals surface area contributed by atoms with Crippen LogP contribution in [0.4, 0.5) is 0 Å². The number of nitrogens with one attached hydrogen (secondary N) is 1. The number of rotatable bonds is 4. The smallest absolute Gasteiger partial charge is 0.251 e. The van der Waals surface area contributed by atoms with Crippen molar-refractivity contribution in [3.05, 3.63) is 23.8 Å². The minimum absolute atomic E-state index is 0.0212. The summed E-state index contributed by atoms with van der Waals surface area (Å²) in [6.45, 7) is 2.48. The summed E-state index contributed by atoms with van der Waals surface area (Å²) in [5.41, 5.74) is 0.226. The molecule has 0 radical (unpaired) electrons. The van der Waals surface area contributed by atoms with Crippen molar-refractivity contribution in [3.63, 3.8) is 0 Å². The minimum atomic E-state index is -0.403. The first-order valence-corrected chi connectivity index (χ1v) is 6.73. The first-order chi connectivity index (χ1) is 10.1. The average Bonchev–Trinajstić information content (AvgIpc) is 2.50. The highest BCUT2D eigenvalue weighted by Gasteiger charge is 2.16. The molecule has 1 aliphatic rings. The Balaban J connectivity index is 1.78. The van der Waals surface area contributed by atoms with Gasteiger partial charge in [-0.1, -0.05) is 0 Å². The van der Waals surface area contributed by atoms with Gasteiger partial charge in [0.2, 0.25) is 5.91 Å². The third kappa shape index (κ3) is 4.09. The van der Waals surface area contributed by atoms with Gasteiger partial charge in [0.1, 0.15) is 0 Å². The summed E-state index contributed by atoms with van der Waals surface area (Å²) in [4.78, 5) is 25.4. The third-order valence-corrected chi connectivity index (χ3v) is 3.23. The van der Waals surface area contributed by atoms with E-state index in [4.69, 9.17) is 4.74 Å². The molecule has 0 spiro atoms.